The number of benzene rings is 1. The van der Waals surface area contributed by atoms with E-state index in [4.69, 9.17) is 11.6 Å². The molecule has 6 nitrogen and oxygen atoms in total. The van der Waals surface area contributed by atoms with E-state index < -0.39 is 6.61 Å². The summed E-state index contributed by atoms with van der Waals surface area (Å²) in [5, 5.41) is 2.52. The van der Waals surface area contributed by atoms with E-state index in [1.54, 1.807) is 26.0 Å². The van der Waals surface area contributed by atoms with Gasteiger partial charge in [0.05, 0.1) is 18.1 Å². The molecule has 23 heavy (non-hydrogen) atoms. The molecule has 2 amide bonds. The summed E-state index contributed by atoms with van der Waals surface area (Å²) in [6.45, 7) is -2.88. The Bertz CT molecular complexity index is 570. The van der Waals surface area contributed by atoms with E-state index in [9.17, 15) is 18.4 Å². The maximum absolute atomic E-state index is 12.1. The molecule has 1 aromatic carbocycles. The Hall–Kier alpha value is -1.93. The summed E-state index contributed by atoms with van der Waals surface area (Å²) in [5.74, 6) is -0.664. The fourth-order valence-electron chi connectivity index (χ4n) is 1.64. The molecule has 0 radical (unpaired) electrons. The average Bonchev–Trinajstić information content (AvgIpc) is 2.40. The Balaban J connectivity index is 2.57. The zero-order valence-electron chi connectivity index (χ0n) is 13.0. The van der Waals surface area contributed by atoms with Gasteiger partial charge in [-0.2, -0.15) is 8.78 Å². The number of nitrogens with zero attached hydrogens (tertiary/aromatic N) is 2. The lowest BCUT2D eigenvalue weighted by Gasteiger charge is -2.18. The van der Waals surface area contributed by atoms with E-state index in [0.29, 0.717) is 5.69 Å². The molecule has 1 aromatic rings. The number of halogens is 3. The van der Waals surface area contributed by atoms with Crippen molar-refractivity contribution in [3.05, 3.63) is 23.2 Å². The first-order chi connectivity index (χ1) is 10.7. The summed E-state index contributed by atoms with van der Waals surface area (Å²) in [6, 6.07) is 3.94. The van der Waals surface area contributed by atoms with Crippen LogP contribution in [0, 0.1) is 0 Å². The maximum Gasteiger partial charge on any atom is 0.387 e. The largest absolute Gasteiger partial charge is 0.433 e. The van der Waals surface area contributed by atoms with Crippen molar-refractivity contribution in [2.24, 2.45) is 0 Å². The summed E-state index contributed by atoms with van der Waals surface area (Å²) in [7, 11) is 4.88. The van der Waals surface area contributed by atoms with E-state index in [2.05, 4.69) is 10.1 Å². The second kappa shape index (κ2) is 8.64. The van der Waals surface area contributed by atoms with Gasteiger partial charge in [-0.1, -0.05) is 11.6 Å². The lowest BCUT2D eigenvalue weighted by molar-refractivity contribution is -0.130. The van der Waals surface area contributed by atoms with Crippen LogP contribution in [-0.2, 0) is 9.59 Å². The summed E-state index contributed by atoms with van der Waals surface area (Å²) in [5.41, 5.74) is 0.342. The summed E-state index contributed by atoms with van der Waals surface area (Å²) >= 11 is 5.80. The van der Waals surface area contributed by atoms with Crippen LogP contribution in [0.1, 0.15) is 0 Å². The third-order valence-corrected chi connectivity index (χ3v) is 3.04. The first-order valence-electron chi connectivity index (χ1n) is 6.62. The Labute approximate surface area is 137 Å². The molecule has 0 fully saturated rings. The number of ether oxygens (including phenoxy) is 1. The van der Waals surface area contributed by atoms with Gasteiger partial charge in [-0.25, -0.2) is 0 Å². The number of anilines is 1. The Morgan fingerprint density at radius 1 is 1.26 bits per heavy atom. The number of carbonyl (C=O) groups is 2. The van der Waals surface area contributed by atoms with Crippen LogP contribution < -0.4 is 10.1 Å². The molecule has 0 saturated carbocycles. The summed E-state index contributed by atoms with van der Waals surface area (Å²) < 4.78 is 28.5. The molecule has 0 aliphatic rings. The summed E-state index contributed by atoms with van der Waals surface area (Å²) in [6.07, 6.45) is 0. The fourth-order valence-corrected chi connectivity index (χ4v) is 1.87. The minimum Gasteiger partial charge on any atom is -0.433 e. The highest BCUT2D eigenvalue weighted by atomic mass is 35.5. The zero-order chi connectivity index (χ0) is 17.6. The SMILES string of the molecule is CN(CC(=O)Nc1ccc(OC(F)F)c(Cl)c1)CC(=O)N(C)C. The molecule has 9 heteroatoms. The van der Waals surface area contributed by atoms with E-state index >= 15 is 0 Å². The topological polar surface area (TPSA) is 61.9 Å². The fraction of sp³-hybridized carbons (Fsp3) is 0.429. The molecular formula is C14H18ClF2N3O3. The maximum atomic E-state index is 12.1. The van der Waals surface area contributed by atoms with Gasteiger partial charge in [-0.3, -0.25) is 14.5 Å². The van der Waals surface area contributed by atoms with Crippen molar-refractivity contribution >= 4 is 29.1 Å². The minimum absolute atomic E-state index is 0.00746. The molecule has 1 N–H and O–H groups in total. The normalized spacial score (nSPS) is 10.8. The van der Waals surface area contributed by atoms with Crippen LogP contribution in [0.5, 0.6) is 5.75 Å². The van der Waals surface area contributed by atoms with E-state index in [1.165, 1.54) is 23.1 Å². The highest BCUT2D eigenvalue weighted by Gasteiger charge is 2.13. The van der Waals surface area contributed by atoms with Crippen LogP contribution in [0.3, 0.4) is 0 Å². The molecular weight excluding hydrogens is 332 g/mol. The monoisotopic (exact) mass is 349 g/mol. The van der Waals surface area contributed by atoms with Crippen molar-refractivity contribution in [3.8, 4) is 5.75 Å². The van der Waals surface area contributed by atoms with Crippen molar-refractivity contribution in [3.63, 3.8) is 0 Å². The number of nitrogens with one attached hydrogen (secondary N) is 1. The highest BCUT2D eigenvalue weighted by Crippen LogP contribution is 2.28. The number of hydrogen-bond donors (Lipinski definition) is 1. The lowest BCUT2D eigenvalue weighted by atomic mass is 10.3. The second-order valence-corrected chi connectivity index (χ2v) is 5.44. The van der Waals surface area contributed by atoms with Crippen LogP contribution in [0.2, 0.25) is 5.02 Å². The lowest BCUT2D eigenvalue weighted by Crippen LogP contribution is -2.38. The van der Waals surface area contributed by atoms with Gasteiger partial charge in [0.25, 0.3) is 0 Å². The average molecular weight is 350 g/mol. The van der Waals surface area contributed by atoms with Crippen molar-refractivity contribution in [1.82, 2.24) is 9.80 Å². The Kier molecular flexibility index (Phi) is 7.18. The quantitative estimate of drug-likeness (QED) is 0.816. The first-order valence-corrected chi connectivity index (χ1v) is 6.99. The molecule has 0 spiro atoms. The second-order valence-electron chi connectivity index (χ2n) is 5.03. The standard InChI is InChI=1S/C14H18ClF2N3O3/c1-19(2)13(22)8-20(3)7-12(21)18-9-4-5-11(10(15)6-9)23-14(16)17/h4-6,14H,7-8H2,1-3H3,(H,18,21). The van der Waals surface area contributed by atoms with Crippen LogP contribution in [0.4, 0.5) is 14.5 Å². The van der Waals surface area contributed by atoms with Crippen molar-refractivity contribution < 1.29 is 23.1 Å². The number of carbonyl (C=O) groups excluding carboxylic acids is 2. The Morgan fingerprint density at radius 2 is 1.91 bits per heavy atom. The molecule has 0 atom stereocenters. The van der Waals surface area contributed by atoms with Crippen LogP contribution in [0.25, 0.3) is 0 Å². The van der Waals surface area contributed by atoms with Crippen molar-refractivity contribution in [2.75, 3.05) is 39.5 Å². The molecule has 1 rings (SSSR count). The van der Waals surface area contributed by atoms with Gasteiger partial charge >= 0.3 is 6.61 Å². The smallest absolute Gasteiger partial charge is 0.387 e. The minimum atomic E-state index is -2.98. The molecule has 0 saturated heterocycles. The molecule has 0 aromatic heterocycles. The molecule has 0 bridgehead atoms. The van der Waals surface area contributed by atoms with Gasteiger partial charge in [-0.05, 0) is 25.2 Å². The molecule has 0 aliphatic heterocycles. The van der Waals surface area contributed by atoms with Gasteiger partial charge < -0.3 is 15.0 Å². The van der Waals surface area contributed by atoms with Crippen LogP contribution in [0.15, 0.2) is 18.2 Å². The third kappa shape index (κ3) is 6.79. The summed E-state index contributed by atoms with van der Waals surface area (Å²) in [4.78, 5) is 26.4. The van der Waals surface area contributed by atoms with Gasteiger partial charge in [0.2, 0.25) is 11.8 Å². The number of likely N-dealkylation sites (N-methyl/N-ethyl adjacent to an activating group) is 2. The van der Waals surface area contributed by atoms with Crippen LogP contribution >= 0.6 is 11.6 Å². The highest BCUT2D eigenvalue weighted by molar-refractivity contribution is 6.32. The van der Waals surface area contributed by atoms with Crippen molar-refractivity contribution in [1.29, 1.82) is 0 Å². The first kappa shape index (κ1) is 19.1. The van der Waals surface area contributed by atoms with Gasteiger partial charge in [0.15, 0.2) is 0 Å². The zero-order valence-corrected chi connectivity index (χ0v) is 13.7. The van der Waals surface area contributed by atoms with Crippen molar-refractivity contribution in [2.45, 2.75) is 6.61 Å². The third-order valence-electron chi connectivity index (χ3n) is 2.75. The van der Waals surface area contributed by atoms with E-state index in [0.717, 1.165) is 0 Å². The number of alkyl halides is 2. The molecule has 128 valence electrons. The van der Waals surface area contributed by atoms with E-state index in [-0.39, 0.29) is 35.7 Å². The molecule has 0 unspecified atom stereocenters. The van der Waals surface area contributed by atoms with Gasteiger partial charge in [-0.15, -0.1) is 0 Å². The van der Waals surface area contributed by atoms with Gasteiger partial charge in [0.1, 0.15) is 5.75 Å². The van der Waals surface area contributed by atoms with E-state index in [1.807, 2.05) is 0 Å². The number of rotatable bonds is 7. The predicted molar refractivity (Wildman–Crippen MR) is 82.9 cm³/mol. The predicted octanol–water partition coefficient (Wildman–Crippen LogP) is 1.90. The number of hydrogen-bond acceptors (Lipinski definition) is 4. The number of amides is 2. The molecule has 0 aliphatic carbocycles. The Morgan fingerprint density at radius 3 is 2.43 bits per heavy atom. The van der Waals surface area contributed by atoms with Crippen LogP contribution in [-0.4, -0.2) is 62.5 Å². The molecule has 0 heterocycles. The van der Waals surface area contributed by atoms with Gasteiger partial charge in [0, 0.05) is 19.8 Å².